The summed E-state index contributed by atoms with van der Waals surface area (Å²) in [6.45, 7) is 1.46. The van der Waals surface area contributed by atoms with E-state index in [0.717, 1.165) is 19.0 Å². The number of ether oxygens (including phenoxy) is 1. The lowest BCUT2D eigenvalue weighted by Gasteiger charge is -2.19. The number of hydrogen-bond donors (Lipinski definition) is 1. The van der Waals surface area contributed by atoms with Gasteiger partial charge in [-0.3, -0.25) is 10.3 Å². The highest BCUT2D eigenvalue weighted by Gasteiger charge is 2.36. The predicted octanol–water partition coefficient (Wildman–Crippen LogP) is 2.76. The van der Waals surface area contributed by atoms with Gasteiger partial charge in [-0.05, 0) is 31.7 Å². The van der Waals surface area contributed by atoms with Gasteiger partial charge in [0.1, 0.15) is 11.9 Å². The first-order valence-corrected chi connectivity index (χ1v) is 6.25. The molecule has 20 heavy (non-hydrogen) atoms. The molecule has 4 nitrogen and oxygen atoms in total. The van der Waals surface area contributed by atoms with Gasteiger partial charge in [0.05, 0.1) is 18.4 Å². The first-order chi connectivity index (χ1) is 9.40. The van der Waals surface area contributed by atoms with Gasteiger partial charge in [0.2, 0.25) is 0 Å². The number of benzene rings is 1. The van der Waals surface area contributed by atoms with Gasteiger partial charge >= 0.3 is 6.18 Å². The molecule has 1 unspecified atom stereocenters. The molecule has 0 aromatic heterocycles. The molecule has 0 radical (unpaired) electrons. The third-order valence-electron chi connectivity index (χ3n) is 3.15. The molecular weight excluding hydrogens is 273 g/mol. The Kier molecular flexibility index (Phi) is 4.39. The van der Waals surface area contributed by atoms with Crippen LogP contribution < -0.4 is 10.2 Å². The summed E-state index contributed by atoms with van der Waals surface area (Å²) in [6.07, 6.45) is -3.95. The fraction of sp³-hybridized carbons (Fsp3) is 0.538. The van der Waals surface area contributed by atoms with E-state index in [0.29, 0.717) is 6.54 Å². The molecule has 0 aliphatic carbocycles. The summed E-state index contributed by atoms with van der Waals surface area (Å²) in [5, 5.41) is 0. The minimum atomic E-state index is -4.47. The highest BCUT2D eigenvalue weighted by atomic mass is 19.4. The third kappa shape index (κ3) is 3.55. The maximum Gasteiger partial charge on any atom is 0.420 e. The van der Waals surface area contributed by atoms with Crippen molar-refractivity contribution in [3.8, 4) is 5.75 Å². The number of likely N-dealkylation sites (N-methyl/N-ethyl adjacent to an activating group) is 1. The van der Waals surface area contributed by atoms with Crippen LogP contribution in [0.2, 0.25) is 0 Å². The predicted molar refractivity (Wildman–Crippen MR) is 68.6 cm³/mol. The standard InChI is InChI=1S/C13H17F3N2O2/c1-18-6-5-10(8-18)20-12-4-3-9(17-19-2)7-11(12)13(14,15)16/h3-4,7,10,17H,5-6,8H2,1-2H3. The summed E-state index contributed by atoms with van der Waals surface area (Å²) in [6, 6.07) is 3.80. The fourth-order valence-corrected chi connectivity index (χ4v) is 2.21. The molecule has 1 aliphatic rings. The van der Waals surface area contributed by atoms with Gasteiger partial charge in [-0.2, -0.15) is 13.2 Å². The Morgan fingerprint density at radius 1 is 1.35 bits per heavy atom. The van der Waals surface area contributed by atoms with Gasteiger partial charge in [0.15, 0.2) is 0 Å². The summed E-state index contributed by atoms with van der Waals surface area (Å²) in [4.78, 5) is 6.64. The minimum absolute atomic E-state index is 0.139. The quantitative estimate of drug-likeness (QED) is 0.865. The van der Waals surface area contributed by atoms with E-state index in [2.05, 4.69) is 10.3 Å². The first kappa shape index (κ1) is 14.9. The summed E-state index contributed by atoms with van der Waals surface area (Å²) < 4.78 is 44.7. The second-order valence-electron chi connectivity index (χ2n) is 4.81. The van der Waals surface area contributed by atoms with Crippen LogP contribution in [0.4, 0.5) is 18.9 Å². The van der Waals surface area contributed by atoms with Gasteiger partial charge in [0, 0.05) is 13.1 Å². The molecular formula is C13H17F3N2O2. The number of likely N-dealkylation sites (tertiary alicyclic amines) is 1. The average Bonchev–Trinajstić information content (AvgIpc) is 2.76. The molecule has 0 amide bonds. The monoisotopic (exact) mass is 290 g/mol. The Balaban J connectivity index is 2.22. The smallest absolute Gasteiger partial charge is 0.420 e. The van der Waals surface area contributed by atoms with Crippen molar-refractivity contribution in [3.05, 3.63) is 23.8 Å². The van der Waals surface area contributed by atoms with E-state index in [4.69, 9.17) is 4.74 Å². The molecule has 1 atom stereocenters. The van der Waals surface area contributed by atoms with Crippen LogP contribution in [-0.4, -0.2) is 38.3 Å². The molecule has 2 rings (SSSR count). The molecule has 1 aromatic rings. The van der Waals surface area contributed by atoms with Gasteiger partial charge in [-0.25, -0.2) is 0 Å². The maximum atomic E-state index is 13.1. The maximum absolute atomic E-state index is 13.1. The number of nitrogens with one attached hydrogen (secondary N) is 1. The van der Waals surface area contributed by atoms with Crippen LogP contribution in [0, 0.1) is 0 Å². The van der Waals surface area contributed by atoms with Crippen molar-refractivity contribution in [2.75, 3.05) is 32.7 Å². The van der Waals surface area contributed by atoms with Crippen LogP contribution in [-0.2, 0) is 11.0 Å². The molecule has 0 spiro atoms. The molecule has 7 heteroatoms. The van der Waals surface area contributed by atoms with Crippen molar-refractivity contribution in [2.45, 2.75) is 18.7 Å². The first-order valence-electron chi connectivity index (χ1n) is 6.25. The van der Waals surface area contributed by atoms with E-state index >= 15 is 0 Å². The van der Waals surface area contributed by atoms with Crippen molar-refractivity contribution < 1.29 is 22.7 Å². The summed E-state index contributed by atoms with van der Waals surface area (Å²) in [5.41, 5.74) is 1.82. The zero-order valence-electron chi connectivity index (χ0n) is 11.3. The molecule has 112 valence electrons. The highest BCUT2D eigenvalue weighted by Crippen LogP contribution is 2.38. The lowest BCUT2D eigenvalue weighted by molar-refractivity contribution is -0.139. The molecule has 1 heterocycles. The van der Waals surface area contributed by atoms with Crippen molar-refractivity contribution in [1.29, 1.82) is 0 Å². The van der Waals surface area contributed by atoms with Crippen LogP contribution in [0.1, 0.15) is 12.0 Å². The van der Waals surface area contributed by atoms with Gasteiger partial charge < -0.3 is 9.64 Å². The Hall–Kier alpha value is -1.47. The molecule has 0 saturated carbocycles. The van der Waals surface area contributed by atoms with Crippen molar-refractivity contribution >= 4 is 5.69 Å². The zero-order valence-corrected chi connectivity index (χ0v) is 11.3. The van der Waals surface area contributed by atoms with E-state index in [1.165, 1.54) is 19.2 Å². The van der Waals surface area contributed by atoms with E-state index in [1.807, 2.05) is 11.9 Å². The van der Waals surface area contributed by atoms with E-state index in [9.17, 15) is 13.2 Å². The van der Waals surface area contributed by atoms with E-state index in [-0.39, 0.29) is 17.5 Å². The van der Waals surface area contributed by atoms with Gasteiger partial charge in [-0.1, -0.05) is 0 Å². The number of hydrogen-bond acceptors (Lipinski definition) is 4. The normalized spacial score (nSPS) is 20.1. The Labute approximate surface area is 115 Å². The zero-order chi connectivity index (χ0) is 14.8. The van der Waals surface area contributed by atoms with Crippen LogP contribution >= 0.6 is 0 Å². The fourth-order valence-electron chi connectivity index (χ4n) is 2.21. The van der Waals surface area contributed by atoms with Crippen LogP contribution in [0.5, 0.6) is 5.75 Å². The minimum Gasteiger partial charge on any atom is -0.488 e. The Morgan fingerprint density at radius 3 is 2.65 bits per heavy atom. The number of rotatable bonds is 4. The summed E-state index contributed by atoms with van der Waals surface area (Å²) in [7, 11) is 3.26. The highest BCUT2D eigenvalue weighted by molar-refractivity contribution is 5.51. The molecule has 1 saturated heterocycles. The third-order valence-corrected chi connectivity index (χ3v) is 3.15. The topological polar surface area (TPSA) is 33.7 Å². The lowest BCUT2D eigenvalue weighted by atomic mass is 10.1. The summed E-state index contributed by atoms with van der Waals surface area (Å²) in [5.74, 6) is -0.139. The molecule has 1 aliphatic heterocycles. The molecule has 1 aromatic carbocycles. The largest absolute Gasteiger partial charge is 0.488 e. The second kappa shape index (κ2) is 5.88. The van der Waals surface area contributed by atoms with Crippen LogP contribution in [0.25, 0.3) is 0 Å². The van der Waals surface area contributed by atoms with E-state index in [1.54, 1.807) is 0 Å². The van der Waals surface area contributed by atoms with Crippen molar-refractivity contribution in [1.82, 2.24) is 4.90 Å². The van der Waals surface area contributed by atoms with E-state index < -0.39 is 11.7 Å². The second-order valence-corrected chi connectivity index (χ2v) is 4.81. The summed E-state index contributed by atoms with van der Waals surface area (Å²) >= 11 is 0. The van der Waals surface area contributed by atoms with Crippen LogP contribution in [0.3, 0.4) is 0 Å². The Morgan fingerprint density at radius 2 is 2.10 bits per heavy atom. The number of anilines is 1. The van der Waals surface area contributed by atoms with Gasteiger partial charge in [0.25, 0.3) is 0 Å². The molecule has 1 N–H and O–H groups in total. The molecule has 1 fully saturated rings. The Bertz CT molecular complexity index is 465. The van der Waals surface area contributed by atoms with Crippen LogP contribution in [0.15, 0.2) is 18.2 Å². The SMILES string of the molecule is CONc1ccc(OC2CCN(C)C2)c(C(F)(F)F)c1. The number of halogens is 3. The average molecular weight is 290 g/mol. The number of nitrogens with zero attached hydrogens (tertiary/aromatic N) is 1. The number of alkyl halides is 3. The van der Waals surface area contributed by atoms with Crippen molar-refractivity contribution in [2.24, 2.45) is 0 Å². The molecule has 0 bridgehead atoms. The lowest BCUT2D eigenvalue weighted by Crippen LogP contribution is -2.22. The van der Waals surface area contributed by atoms with Gasteiger partial charge in [-0.15, -0.1) is 0 Å². The van der Waals surface area contributed by atoms with Crippen molar-refractivity contribution in [3.63, 3.8) is 0 Å².